The molecule has 0 atom stereocenters. The molecule has 0 aliphatic heterocycles. The maximum atomic E-state index is 12.5. The van der Waals surface area contributed by atoms with Gasteiger partial charge in [0.25, 0.3) is 5.91 Å². The van der Waals surface area contributed by atoms with Gasteiger partial charge in [-0.3, -0.25) is 4.79 Å². The van der Waals surface area contributed by atoms with Gasteiger partial charge in [0.15, 0.2) is 0 Å². The van der Waals surface area contributed by atoms with Gasteiger partial charge in [-0.25, -0.2) is 0 Å². The molecule has 0 heterocycles. The van der Waals surface area contributed by atoms with Crippen molar-refractivity contribution in [3.05, 3.63) is 26.3 Å². The topological polar surface area (TPSA) is 62.1 Å². The Labute approximate surface area is 142 Å². The molecule has 0 aromatic heterocycles. The predicted octanol–water partition coefficient (Wildman–Crippen LogP) is 3.91. The second kappa shape index (κ2) is 6.84. The molecule has 1 N–H and O–H groups in total. The maximum Gasteiger partial charge on any atom is 0.256 e. The van der Waals surface area contributed by atoms with E-state index in [1.54, 1.807) is 12.1 Å². The molecule has 0 unspecified atom stereocenters. The van der Waals surface area contributed by atoms with Crippen LogP contribution in [0.25, 0.3) is 0 Å². The van der Waals surface area contributed by atoms with Crippen molar-refractivity contribution in [2.24, 2.45) is 0 Å². The fourth-order valence-corrected chi connectivity index (χ4v) is 3.18. The van der Waals surface area contributed by atoms with E-state index in [9.17, 15) is 10.1 Å². The number of nitrogens with one attached hydrogen (secondary N) is 1. The first-order valence-corrected chi connectivity index (χ1v) is 8.24. The van der Waals surface area contributed by atoms with E-state index in [4.69, 9.17) is 16.3 Å². The van der Waals surface area contributed by atoms with Crippen LogP contribution in [0.15, 0.2) is 12.1 Å². The van der Waals surface area contributed by atoms with Crippen LogP contribution in [0.1, 0.15) is 42.5 Å². The number of nitrogens with zero attached hydrogens (tertiary/aromatic N) is 1. The van der Waals surface area contributed by atoms with Crippen molar-refractivity contribution in [2.75, 3.05) is 7.11 Å². The van der Waals surface area contributed by atoms with Crippen LogP contribution in [-0.2, 0) is 0 Å². The van der Waals surface area contributed by atoms with Crippen LogP contribution < -0.4 is 10.1 Å². The van der Waals surface area contributed by atoms with E-state index in [0.717, 1.165) is 22.8 Å². The van der Waals surface area contributed by atoms with Crippen LogP contribution in [0, 0.1) is 14.9 Å². The van der Waals surface area contributed by atoms with Crippen molar-refractivity contribution in [3.63, 3.8) is 0 Å². The average molecular weight is 419 g/mol. The van der Waals surface area contributed by atoms with Crippen molar-refractivity contribution < 1.29 is 9.53 Å². The number of rotatable bonds is 3. The molecule has 0 radical (unpaired) electrons. The Morgan fingerprint density at radius 1 is 1.43 bits per heavy atom. The highest BCUT2D eigenvalue weighted by molar-refractivity contribution is 14.1. The van der Waals surface area contributed by atoms with Crippen molar-refractivity contribution >= 4 is 40.1 Å². The summed E-state index contributed by atoms with van der Waals surface area (Å²) in [7, 11) is 1.51. The van der Waals surface area contributed by atoms with Crippen molar-refractivity contribution in [3.8, 4) is 11.8 Å². The predicted molar refractivity (Wildman–Crippen MR) is 89.6 cm³/mol. The van der Waals surface area contributed by atoms with Gasteiger partial charge >= 0.3 is 0 Å². The van der Waals surface area contributed by atoms with Crippen molar-refractivity contribution in [1.82, 2.24) is 5.32 Å². The van der Waals surface area contributed by atoms with E-state index in [1.165, 1.54) is 7.11 Å². The fraction of sp³-hybridized carbons (Fsp3) is 0.467. The SMILES string of the molecule is COc1cc(I)c(Cl)cc1C(=O)NC1(C#N)CCCCC1. The van der Waals surface area contributed by atoms with E-state index in [-0.39, 0.29) is 5.91 Å². The molecule has 1 aromatic rings. The lowest BCUT2D eigenvalue weighted by Gasteiger charge is -2.31. The van der Waals surface area contributed by atoms with E-state index in [2.05, 4.69) is 34.0 Å². The molecule has 2 rings (SSSR count). The zero-order chi connectivity index (χ0) is 15.5. The van der Waals surface area contributed by atoms with Gasteiger partial charge in [0.2, 0.25) is 0 Å². The van der Waals surface area contributed by atoms with Crippen molar-refractivity contribution in [1.29, 1.82) is 5.26 Å². The summed E-state index contributed by atoms with van der Waals surface area (Å²) < 4.78 is 6.07. The number of methoxy groups -OCH3 is 1. The Kier molecular flexibility index (Phi) is 5.33. The molecule has 1 aliphatic carbocycles. The van der Waals surface area contributed by atoms with Crippen LogP contribution in [0.3, 0.4) is 0 Å². The van der Waals surface area contributed by atoms with Crippen LogP contribution in [-0.4, -0.2) is 18.6 Å². The number of amides is 1. The standard InChI is InChI=1S/C15H16ClIN2O2/c1-21-13-8-12(17)11(16)7-10(13)14(20)19-15(9-18)5-3-2-4-6-15/h7-8H,2-6H2,1H3,(H,19,20). The van der Waals surface area contributed by atoms with E-state index < -0.39 is 5.54 Å². The first kappa shape index (κ1) is 16.4. The summed E-state index contributed by atoms with van der Waals surface area (Å²) in [4.78, 5) is 12.5. The van der Waals surface area contributed by atoms with Crippen LogP contribution >= 0.6 is 34.2 Å². The largest absolute Gasteiger partial charge is 0.496 e. The van der Waals surface area contributed by atoms with Gasteiger partial charge in [-0.2, -0.15) is 5.26 Å². The highest BCUT2D eigenvalue weighted by Gasteiger charge is 2.34. The first-order chi connectivity index (χ1) is 10.0. The summed E-state index contributed by atoms with van der Waals surface area (Å²) in [6.45, 7) is 0. The second-order valence-corrected chi connectivity index (χ2v) is 6.74. The summed E-state index contributed by atoms with van der Waals surface area (Å²) in [5.41, 5.74) is -0.404. The van der Waals surface area contributed by atoms with Crippen LogP contribution in [0.4, 0.5) is 0 Å². The van der Waals surface area contributed by atoms with Crippen molar-refractivity contribution in [2.45, 2.75) is 37.6 Å². The molecular formula is C15H16ClIN2O2. The lowest BCUT2D eigenvalue weighted by molar-refractivity contribution is 0.0899. The zero-order valence-electron chi connectivity index (χ0n) is 11.7. The highest BCUT2D eigenvalue weighted by Crippen LogP contribution is 2.31. The molecule has 1 fully saturated rings. The van der Waals surface area contributed by atoms with Gasteiger partial charge in [-0.1, -0.05) is 30.9 Å². The Hall–Kier alpha value is -1.00. The molecule has 1 aromatic carbocycles. The quantitative estimate of drug-likeness (QED) is 0.757. The summed E-state index contributed by atoms with van der Waals surface area (Å²) in [6.07, 6.45) is 4.40. The highest BCUT2D eigenvalue weighted by atomic mass is 127. The molecule has 21 heavy (non-hydrogen) atoms. The molecule has 1 aliphatic rings. The fourth-order valence-electron chi connectivity index (χ4n) is 2.58. The van der Waals surface area contributed by atoms with Crippen LogP contribution in [0.2, 0.25) is 5.02 Å². The van der Waals surface area contributed by atoms with E-state index >= 15 is 0 Å². The van der Waals surface area contributed by atoms with Gasteiger partial charge in [0, 0.05) is 3.57 Å². The monoisotopic (exact) mass is 418 g/mol. The molecular weight excluding hydrogens is 403 g/mol. The molecule has 112 valence electrons. The number of hydrogen-bond acceptors (Lipinski definition) is 3. The average Bonchev–Trinajstić information content (AvgIpc) is 2.50. The smallest absolute Gasteiger partial charge is 0.256 e. The number of halogens is 2. The lowest BCUT2D eigenvalue weighted by Crippen LogP contribution is -2.48. The number of carbonyl (C=O) groups is 1. The Morgan fingerprint density at radius 3 is 2.67 bits per heavy atom. The zero-order valence-corrected chi connectivity index (χ0v) is 14.6. The Balaban J connectivity index is 2.28. The van der Waals surface area contributed by atoms with Gasteiger partial charge < -0.3 is 10.1 Å². The number of benzene rings is 1. The number of carbonyl (C=O) groups excluding carboxylic acids is 1. The summed E-state index contributed by atoms with van der Waals surface area (Å²) in [6, 6.07) is 5.58. The summed E-state index contributed by atoms with van der Waals surface area (Å²) in [5.74, 6) is 0.152. The van der Waals surface area contributed by atoms with Gasteiger partial charge in [-0.15, -0.1) is 0 Å². The molecule has 0 bridgehead atoms. The van der Waals surface area contributed by atoms with E-state index in [1.807, 2.05) is 0 Å². The summed E-state index contributed by atoms with van der Waals surface area (Å²) >= 11 is 8.17. The second-order valence-electron chi connectivity index (χ2n) is 5.18. The third-order valence-corrected chi connectivity index (χ3v) is 5.29. The maximum absolute atomic E-state index is 12.5. The van der Waals surface area contributed by atoms with E-state index in [0.29, 0.717) is 29.2 Å². The minimum Gasteiger partial charge on any atom is -0.496 e. The number of ether oxygens (including phenoxy) is 1. The Morgan fingerprint density at radius 2 is 2.10 bits per heavy atom. The third kappa shape index (κ3) is 3.61. The molecule has 0 spiro atoms. The first-order valence-electron chi connectivity index (χ1n) is 6.78. The summed E-state index contributed by atoms with van der Waals surface area (Å²) in [5, 5.41) is 12.8. The molecule has 6 heteroatoms. The number of hydrogen-bond donors (Lipinski definition) is 1. The van der Waals surface area contributed by atoms with Crippen LogP contribution in [0.5, 0.6) is 5.75 Å². The van der Waals surface area contributed by atoms with Gasteiger partial charge in [-0.05, 0) is 47.6 Å². The lowest BCUT2D eigenvalue weighted by atomic mass is 9.82. The van der Waals surface area contributed by atoms with Gasteiger partial charge in [0.05, 0.1) is 23.8 Å². The minimum atomic E-state index is -0.768. The molecule has 1 amide bonds. The molecule has 1 saturated carbocycles. The molecule has 4 nitrogen and oxygen atoms in total. The normalized spacial score (nSPS) is 16.9. The minimum absolute atomic E-state index is 0.311. The molecule has 0 saturated heterocycles. The Bertz CT molecular complexity index is 592. The van der Waals surface area contributed by atoms with Gasteiger partial charge in [0.1, 0.15) is 11.3 Å². The third-order valence-electron chi connectivity index (χ3n) is 3.76. The number of nitriles is 1.